The minimum Gasteiger partial charge on any atom is -0.376 e. The Bertz CT molecular complexity index is 602. The minimum absolute atomic E-state index is 0.00822. The first kappa shape index (κ1) is 20.0. The average Bonchev–Trinajstić information content (AvgIpc) is 3.12. The first-order valence-electron chi connectivity index (χ1n) is 10.1. The number of rotatable bonds is 7. The molecule has 3 rings (SSSR count). The number of nitrogens with zero attached hydrogens (tertiary/aromatic N) is 2. The van der Waals surface area contributed by atoms with Crippen molar-refractivity contribution in [3.8, 4) is 0 Å². The Morgan fingerprint density at radius 1 is 1.26 bits per heavy atom. The fraction of sp³-hybridized carbons (Fsp3) is 0.750. The predicted molar refractivity (Wildman–Crippen MR) is 103 cm³/mol. The molecule has 27 heavy (non-hydrogen) atoms. The molecule has 0 aliphatic carbocycles. The van der Waals surface area contributed by atoms with Gasteiger partial charge in [0.25, 0.3) is 0 Å². The van der Waals surface area contributed by atoms with Crippen LogP contribution in [0.25, 0.3) is 0 Å². The lowest BCUT2D eigenvalue weighted by Gasteiger charge is -2.36. The van der Waals surface area contributed by atoms with E-state index in [4.69, 9.17) is 9.47 Å². The van der Waals surface area contributed by atoms with Crippen molar-refractivity contribution in [2.75, 3.05) is 18.5 Å². The summed E-state index contributed by atoms with van der Waals surface area (Å²) < 4.78 is 11.9. The molecule has 7 heteroatoms. The lowest BCUT2D eigenvalue weighted by molar-refractivity contribution is -0.122. The topological polar surface area (TPSA) is 85.4 Å². The second-order valence-corrected chi connectivity index (χ2v) is 8.10. The van der Waals surface area contributed by atoms with E-state index in [0.717, 1.165) is 50.8 Å². The first-order chi connectivity index (χ1) is 13.0. The highest BCUT2D eigenvalue weighted by Crippen LogP contribution is 2.33. The Kier molecular flexibility index (Phi) is 7.01. The van der Waals surface area contributed by atoms with E-state index in [0.29, 0.717) is 11.9 Å². The molecule has 0 bridgehead atoms. The van der Waals surface area contributed by atoms with Gasteiger partial charge in [0.1, 0.15) is 0 Å². The number of ether oxygens (including phenoxy) is 2. The zero-order chi connectivity index (χ0) is 19.2. The van der Waals surface area contributed by atoms with E-state index in [2.05, 4.69) is 34.4 Å². The maximum absolute atomic E-state index is 11.5. The molecule has 150 valence electrons. The summed E-state index contributed by atoms with van der Waals surface area (Å²) in [6.07, 6.45) is 8.76. The lowest BCUT2D eigenvalue weighted by atomic mass is 9.91. The summed E-state index contributed by atoms with van der Waals surface area (Å²) in [5, 5.41) is 6.30. The van der Waals surface area contributed by atoms with Gasteiger partial charge >= 0.3 is 0 Å². The number of hydrogen-bond donors (Lipinski definition) is 2. The van der Waals surface area contributed by atoms with Crippen LogP contribution in [-0.2, 0) is 14.3 Å². The van der Waals surface area contributed by atoms with Gasteiger partial charge in [-0.1, -0.05) is 13.8 Å². The molecule has 0 spiro atoms. The van der Waals surface area contributed by atoms with Gasteiger partial charge in [0.05, 0.1) is 18.3 Å². The van der Waals surface area contributed by atoms with Crippen LogP contribution in [0.15, 0.2) is 12.4 Å². The van der Waals surface area contributed by atoms with Gasteiger partial charge in [-0.15, -0.1) is 0 Å². The number of aromatic nitrogens is 2. The van der Waals surface area contributed by atoms with Gasteiger partial charge in [0, 0.05) is 44.1 Å². The molecular weight excluding hydrogens is 344 g/mol. The minimum atomic E-state index is -0.0911. The molecular formula is C20H32N4O3. The molecule has 1 amide bonds. The fourth-order valence-electron chi connectivity index (χ4n) is 3.92. The molecule has 7 nitrogen and oxygen atoms in total. The highest BCUT2D eigenvalue weighted by Gasteiger charge is 2.31. The molecule has 2 N–H and O–H groups in total. The molecule has 0 aromatic carbocycles. The molecule has 4 atom stereocenters. The summed E-state index contributed by atoms with van der Waals surface area (Å²) in [5.41, 5.74) is 0.960. The third-order valence-corrected chi connectivity index (χ3v) is 5.10. The quantitative estimate of drug-likeness (QED) is 0.761. The normalized spacial score (nSPS) is 28.3. The van der Waals surface area contributed by atoms with Gasteiger partial charge in [-0.2, -0.15) is 0 Å². The van der Waals surface area contributed by atoms with Crippen LogP contribution in [-0.4, -0.2) is 47.3 Å². The smallest absolute Gasteiger partial charge is 0.222 e. The molecule has 2 aliphatic heterocycles. The van der Waals surface area contributed by atoms with Crippen molar-refractivity contribution >= 4 is 11.9 Å². The second-order valence-electron chi connectivity index (χ2n) is 8.10. The van der Waals surface area contributed by atoms with Crippen LogP contribution in [0.3, 0.4) is 0 Å². The summed E-state index contributed by atoms with van der Waals surface area (Å²) in [4.78, 5) is 20.4. The zero-order valence-corrected chi connectivity index (χ0v) is 16.6. The second kappa shape index (κ2) is 9.46. The number of carbonyl (C=O) groups is 1. The van der Waals surface area contributed by atoms with Crippen molar-refractivity contribution in [3.05, 3.63) is 18.0 Å². The predicted octanol–water partition coefficient (Wildman–Crippen LogP) is 2.84. The Labute approximate surface area is 161 Å². The van der Waals surface area contributed by atoms with E-state index in [1.54, 1.807) is 6.92 Å². The van der Waals surface area contributed by atoms with Gasteiger partial charge in [-0.25, -0.2) is 9.97 Å². The van der Waals surface area contributed by atoms with Crippen LogP contribution in [0.4, 0.5) is 5.95 Å². The Hall–Kier alpha value is -1.73. The van der Waals surface area contributed by atoms with E-state index in [-0.39, 0.29) is 30.3 Å². The monoisotopic (exact) mass is 376 g/mol. The Balaban J connectivity index is 1.60. The third-order valence-electron chi connectivity index (χ3n) is 5.10. The van der Waals surface area contributed by atoms with Crippen LogP contribution in [0.2, 0.25) is 0 Å². The zero-order valence-electron chi connectivity index (χ0n) is 16.6. The van der Waals surface area contributed by atoms with Crippen molar-refractivity contribution in [1.29, 1.82) is 0 Å². The SMILES string of the molecule is CC(=O)N[C@@H]1C[C@H](CC(C)C)O[C@H](c2cnc(NCC3CCCO3)nc2)C1. The maximum atomic E-state index is 11.5. The summed E-state index contributed by atoms with van der Waals surface area (Å²) in [6.45, 7) is 7.54. The first-order valence-corrected chi connectivity index (χ1v) is 10.1. The number of amides is 1. The molecule has 2 saturated heterocycles. The Morgan fingerprint density at radius 3 is 2.67 bits per heavy atom. The molecule has 0 saturated carbocycles. The van der Waals surface area contributed by atoms with Crippen molar-refractivity contribution in [1.82, 2.24) is 15.3 Å². The van der Waals surface area contributed by atoms with Crippen LogP contribution in [0.5, 0.6) is 0 Å². The maximum Gasteiger partial charge on any atom is 0.222 e. The fourth-order valence-corrected chi connectivity index (χ4v) is 3.92. The van der Waals surface area contributed by atoms with Crippen molar-refractivity contribution < 1.29 is 14.3 Å². The highest BCUT2D eigenvalue weighted by molar-refractivity contribution is 5.73. The summed E-state index contributed by atoms with van der Waals surface area (Å²) in [5.74, 6) is 1.17. The Morgan fingerprint density at radius 2 is 2.04 bits per heavy atom. The number of carbonyl (C=O) groups excluding carboxylic acids is 1. The van der Waals surface area contributed by atoms with Crippen LogP contribution < -0.4 is 10.6 Å². The van der Waals surface area contributed by atoms with E-state index >= 15 is 0 Å². The standard InChI is InChI=1S/C20H32N4O3/c1-13(2)7-18-8-16(24-14(3)25)9-19(27-18)15-10-21-20(22-11-15)23-12-17-5-4-6-26-17/h10-11,13,16-19H,4-9,12H2,1-3H3,(H,24,25)(H,21,22,23)/t16-,17?,18+,19+/m1/s1. The number of hydrogen-bond acceptors (Lipinski definition) is 6. The highest BCUT2D eigenvalue weighted by atomic mass is 16.5. The number of anilines is 1. The van der Waals surface area contributed by atoms with Crippen molar-refractivity contribution in [2.24, 2.45) is 5.92 Å². The van der Waals surface area contributed by atoms with Gasteiger partial charge in [0.15, 0.2) is 0 Å². The summed E-state index contributed by atoms with van der Waals surface area (Å²) in [6, 6.07) is 0.127. The molecule has 1 unspecified atom stereocenters. The molecule has 0 radical (unpaired) electrons. The average molecular weight is 377 g/mol. The third kappa shape index (κ3) is 6.14. The number of nitrogens with one attached hydrogen (secondary N) is 2. The van der Waals surface area contributed by atoms with Gasteiger partial charge in [0.2, 0.25) is 11.9 Å². The summed E-state index contributed by atoms with van der Waals surface area (Å²) in [7, 11) is 0. The van der Waals surface area contributed by atoms with E-state index in [9.17, 15) is 4.79 Å². The van der Waals surface area contributed by atoms with Crippen molar-refractivity contribution in [2.45, 2.75) is 77.2 Å². The molecule has 1 aromatic heterocycles. The molecule has 3 heterocycles. The summed E-state index contributed by atoms with van der Waals surface area (Å²) >= 11 is 0. The van der Waals surface area contributed by atoms with Crippen LogP contribution in [0.1, 0.15) is 64.5 Å². The van der Waals surface area contributed by atoms with Gasteiger partial charge in [-0.05, 0) is 38.0 Å². The van der Waals surface area contributed by atoms with Crippen LogP contribution >= 0.6 is 0 Å². The van der Waals surface area contributed by atoms with E-state index < -0.39 is 0 Å². The van der Waals surface area contributed by atoms with Gasteiger partial charge in [-0.3, -0.25) is 4.79 Å². The van der Waals surface area contributed by atoms with Crippen LogP contribution in [0, 0.1) is 5.92 Å². The molecule has 2 aliphatic rings. The van der Waals surface area contributed by atoms with Gasteiger partial charge < -0.3 is 20.1 Å². The van der Waals surface area contributed by atoms with E-state index in [1.165, 1.54) is 0 Å². The largest absolute Gasteiger partial charge is 0.376 e. The van der Waals surface area contributed by atoms with Crippen molar-refractivity contribution in [3.63, 3.8) is 0 Å². The molecule has 1 aromatic rings. The lowest BCUT2D eigenvalue weighted by Crippen LogP contribution is -2.42. The molecule has 2 fully saturated rings. The van der Waals surface area contributed by atoms with E-state index in [1.807, 2.05) is 12.4 Å².